The van der Waals surface area contributed by atoms with Crippen LogP contribution in [0, 0.1) is 0 Å². The molecule has 27 heavy (non-hydrogen) atoms. The third-order valence-corrected chi connectivity index (χ3v) is 5.49. The van der Waals surface area contributed by atoms with Gasteiger partial charge < -0.3 is 10.5 Å². The molecular weight excluding hydrogens is 372 g/mol. The van der Waals surface area contributed by atoms with Gasteiger partial charge in [0, 0.05) is 18.5 Å². The maximum Gasteiger partial charge on any atom is 0.266 e. The highest BCUT2D eigenvalue weighted by molar-refractivity contribution is 7.89. The molecule has 3 rings (SSSR count). The fourth-order valence-electron chi connectivity index (χ4n) is 2.46. The van der Waals surface area contributed by atoms with Crippen LogP contribution in [-0.4, -0.2) is 37.3 Å². The van der Waals surface area contributed by atoms with Gasteiger partial charge >= 0.3 is 0 Å². The highest BCUT2D eigenvalue weighted by Gasteiger charge is 2.25. The minimum Gasteiger partial charge on any atom is -0.484 e. The van der Waals surface area contributed by atoms with E-state index in [4.69, 9.17) is 10.5 Å². The van der Waals surface area contributed by atoms with Crippen LogP contribution in [0.5, 0.6) is 5.75 Å². The Morgan fingerprint density at radius 2 is 1.93 bits per heavy atom. The van der Waals surface area contributed by atoms with Gasteiger partial charge in [0.05, 0.1) is 17.1 Å². The largest absolute Gasteiger partial charge is 0.484 e. The average molecular weight is 392 g/mol. The zero-order valence-electron chi connectivity index (χ0n) is 14.5. The van der Waals surface area contributed by atoms with Gasteiger partial charge in [-0.15, -0.1) is 0 Å². The van der Waals surface area contributed by atoms with Crippen molar-refractivity contribution in [1.29, 1.82) is 0 Å². The van der Waals surface area contributed by atoms with Crippen LogP contribution in [0.3, 0.4) is 0 Å². The van der Waals surface area contributed by atoms with Crippen LogP contribution in [0.2, 0.25) is 0 Å². The topological polar surface area (TPSA) is 133 Å². The van der Waals surface area contributed by atoms with Crippen LogP contribution < -0.4 is 20.8 Å². The first-order chi connectivity index (χ1) is 12.8. The molecule has 0 aliphatic heterocycles. The van der Waals surface area contributed by atoms with Gasteiger partial charge in [0.2, 0.25) is 10.0 Å². The quantitative estimate of drug-likeness (QED) is 0.615. The van der Waals surface area contributed by atoms with Crippen molar-refractivity contribution in [2.45, 2.75) is 30.2 Å². The van der Waals surface area contributed by atoms with E-state index in [1.807, 2.05) is 0 Å². The molecule has 9 nitrogen and oxygen atoms in total. The Hall–Kier alpha value is -2.72. The van der Waals surface area contributed by atoms with Crippen LogP contribution >= 0.6 is 0 Å². The van der Waals surface area contributed by atoms with E-state index in [-0.39, 0.29) is 30.2 Å². The van der Waals surface area contributed by atoms with E-state index < -0.39 is 15.9 Å². The number of aromatic nitrogens is 2. The van der Waals surface area contributed by atoms with Crippen LogP contribution in [0.1, 0.15) is 24.5 Å². The van der Waals surface area contributed by atoms with E-state index >= 15 is 0 Å². The molecule has 0 bridgehead atoms. The Labute approximate surface area is 156 Å². The number of primary amides is 1. The second-order valence-corrected chi connectivity index (χ2v) is 7.98. The molecular formula is C17H20N4O5S. The van der Waals surface area contributed by atoms with Crippen molar-refractivity contribution in [3.63, 3.8) is 0 Å². The number of hydrogen-bond acceptors (Lipinski definition) is 6. The number of hydrogen-bond donors (Lipinski definition) is 2. The van der Waals surface area contributed by atoms with Crippen LogP contribution in [0.4, 0.5) is 0 Å². The van der Waals surface area contributed by atoms with Gasteiger partial charge in [-0.05, 0) is 43.2 Å². The normalized spacial score (nSPS) is 14.1. The van der Waals surface area contributed by atoms with Gasteiger partial charge in [-0.25, -0.2) is 17.8 Å². The molecule has 144 valence electrons. The second-order valence-electron chi connectivity index (χ2n) is 6.22. The minimum atomic E-state index is -3.75. The van der Waals surface area contributed by atoms with Crippen molar-refractivity contribution in [3.8, 4) is 5.75 Å². The standard InChI is InChI=1S/C17H20N4O5S/c18-16(22)11-26-13-3-5-14(6-4-13)27(24,25)19-9-10-21-17(23)8-7-15(20-21)12-1-2-12/h3-8,12,19H,1-2,9-11H2,(H2,18,22). The smallest absolute Gasteiger partial charge is 0.266 e. The number of rotatable bonds is 9. The molecule has 10 heteroatoms. The lowest BCUT2D eigenvalue weighted by Gasteiger charge is -2.09. The van der Waals surface area contributed by atoms with Crippen LogP contribution in [-0.2, 0) is 21.4 Å². The Morgan fingerprint density at radius 3 is 2.56 bits per heavy atom. The molecule has 1 aromatic heterocycles. The molecule has 0 radical (unpaired) electrons. The predicted molar refractivity (Wildman–Crippen MR) is 96.8 cm³/mol. The highest BCUT2D eigenvalue weighted by atomic mass is 32.2. The van der Waals surface area contributed by atoms with Gasteiger partial charge in [-0.2, -0.15) is 5.10 Å². The minimum absolute atomic E-state index is 0.0310. The van der Waals surface area contributed by atoms with Crippen molar-refractivity contribution in [2.24, 2.45) is 5.73 Å². The number of ether oxygens (including phenoxy) is 1. The molecule has 1 saturated carbocycles. The number of carbonyl (C=O) groups excluding carboxylic acids is 1. The number of carbonyl (C=O) groups is 1. The summed E-state index contributed by atoms with van der Waals surface area (Å²) in [5, 5.41) is 4.29. The summed E-state index contributed by atoms with van der Waals surface area (Å²) < 4.78 is 33.5. The number of nitrogens with zero attached hydrogens (tertiary/aromatic N) is 2. The monoisotopic (exact) mass is 392 g/mol. The van der Waals surface area contributed by atoms with Gasteiger partial charge in [0.15, 0.2) is 6.61 Å². The molecule has 1 fully saturated rings. The van der Waals surface area contributed by atoms with Crippen molar-refractivity contribution in [2.75, 3.05) is 13.2 Å². The predicted octanol–water partition coefficient (Wildman–Crippen LogP) is -0.0367. The molecule has 0 atom stereocenters. The molecule has 0 unspecified atom stereocenters. The number of nitrogens with two attached hydrogens (primary N) is 1. The second kappa shape index (κ2) is 7.89. The van der Waals surface area contributed by atoms with Crippen molar-refractivity contribution >= 4 is 15.9 Å². The molecule has 1 aliphatic carbocycles. The van der Waals surface area contributed by atoms with E-state index in [1.165, 1.54) is 35.0 Å². The van der Waals surface area contributed by atoms with Crippen LogP contribution in [0.25, 0.3) is 0 Å². The number of sulfonamides is 1. The van der Waals surface area contributed by atoms with Gasteiger partial charge in [0.25, 0.3) is 11.5 Å². The summed E-state index contributed by atoms with van der Waals surface area (Å²) in [5.41, 5.74) is 5.58. The van der Waals surface area contributed by atoms with Crippen molar-refractivity contribution < 1.29 is 17.9 Å². The van der Waals surface area contributed by atoms with Crippen molar-refractivity contribution in [3.05, 3.63) is 52.4 Å². The Balaban J connectivity index is 1.59. The zero-order chi connectivity index (χ0) is 19.4. The van der Waals surface area contributed by atoms with E-state index in [1.54, 1.807) is 6.07 Å². The van der Waals surface area contributed by atoms with Gasteiger partial charge in [-0.3, -0.25) is 9.59 Å². The molecule has 0 saturated heterocycles. The summed E-state index contributed by atoms with van der Waals surface area (Å²) in [5.74, 6) is 0.118. The number of nitrogens with one attached hydrogen (secondary N) is 1. The lowest BCUT2D eigenvalue weighted by molar-refractivity contribution is -0.119. The average Bonchev–Trinajstić information content (AvgIpc) is 3.47. The van der Waals surface area contributed by atoms with E-state index in [0.717, 1.165) is 18.5 Å². The maximum absolute atomic E-state index is 12.3. The van der Waals surface area contributed by atoms with E-state index in [2.05, 4.69) is 9.82 Å². The number of benzene rings is 1. The maximum atomic E-state index is 12.3. The summed E-state index contributed by atoms with van der Waals surface area (Å²) in [6, 6.07) is 8.77. The van der Waals surface area contributed by atoms with Gasteiger partial charge in [-0.1, -0.05) is 0 Å². The highest BCUT2D eigenvalue weighted by Crippen LogP contribution is 2.38. The fraction of sp³-hybridized carbons (Fsp3) is 0.353. The summed E-state index contributed by atoms with van der Waals surface area (Å²) in [6.07, 6.45) is 2.13. The number of amides is 1. The molecule has 0 spiro atoms. The molecule has 1 aliphatic rings. The zero-order valence-corrected chi connectivity index (χ0v) is 15.3. The molecule has 3 N–H and O–H groups in total. The summed E-state index contributed by atoms with van der Waals surface area (Å²) >= 11 is 0. The summed E-state index contributed by atoms with van der Waals surface area (Å²) in [6.45, 7) is -0.117. The SMILES string of the molecule is NC(=O)COc1ccc(S(=O)(=O)NCCn2nc(C3CC3)ccc2=O)cc1. The third kappa shape index (κ3) is 5.14. The summed E-state index contributed by atoms with van der Waals surface area (Å²) in [4.78, 5) is 22.6. The third-order valence-electron chi connectivity index (χ3n) is 4.01. The Morgan fingerprint density at radius 1 is 1.22 bits per heavy atom. The van der Waals surface area contributed by atoms with E-state index in [9.17, 15) is 18.0 Å². The first-order valence-corrected chi connectivity index (χ1v) is 9.92. The molecule has 1 heterocycles. The molecule has 1 amide bonds. The van der Waals surface area contributed by atoms with Gasteiger partial charge in [0.1, 0.15) is 5.75 Å². The molecule has 2 aromatic rings. The summed E-state index contributed by atoms with van der Waals surface area (Å²) in [7, 11) is -3.75. The first-order valence-electron chi connectivity index (χ1n) is 8.44. The van der Waals surface area contributed by atoms with E-state index in [0.29, 0.717) is 11.7 Å². The Kier molecular flexibility index (Phi) is 5.57. The fourth-order valence-corrected chi connectivity index (χ4v) is 3.48. The first kappa shape index (κ1) is 19.1. The Bertz CT molecular complexity index is 981. The van der Waals surface area contributed by atoms with Crippen molar-refractivity contribution in [1.82, 2.24) is 14.5 Å². The lowest BCUT2D eigenvalue weighted by Crippen LogP contribution is -2.32. The molecule has 1 aromatic carbocycles. The lowest BCUT2D eigenvalue weighted by atomic mass is 10.3. The van der Waals surface area contributed by atoms with Crippen LogP contribution in [0.15, 0.2) is 46.1 Å².